The van der Waals surface area contributed by atoms with E-state index in [4.69, 9.17) is 15.7 Å². The van der Waals surface area contributed by atoms with Gasteiger partial charge in [-0.15, -0.1) is 5.10 Å². The molecule has 2 N–H and O–H groups in total. The summed E-state index contributed by atoms with van der Waals surface area (Å²) < 4.78 is 18.1. The Bertz CT molecular complexity index is 594. The highest BCUT2D eigenvalue weighted by Gasteiger charge is 2.09. The molecule has 2 rings (SSSR count). The second-order valence-corrected chi connectivity index (χ2v) is 3.15. The van der Waals surface area contributed by atoms with Crippen molar-refractivity contribution >= 4 is 5.69 Å². The summed E-state index contributed by atoms with van der Waals surface area (Å²) >= 11 is 0. The number of halogens is 1. The zero-order chi connectivity index (χ0) is 12.3. The molecular weight excluding hydrogens is 223 g/mol. The molecule has 0 saturated carbocycles. The van der Waals surface area contributed by atoms with E-state index in [9.17, 15) is 4.39 Å². The van der Waals surface area contributed by atoms with Gasteiger partial charge in [0.05, 0.1) is 11.9 Å². The van der Waals surface area contributed by atoms with Crippen LogP contribution in [0.4, 0.5) is 10.1 Å². The standard InChI is InChI=1S/C11H7FN4O/c12-8-1-2-10(9(14)5-8)17-11-7(6-13)3-4-15-16-11/h1-5H,14H2. The molecule has 84 valence electrons. The van der Waals surface area contributed by atoms with Crippen molar-refractivity contribution in [3.63, 3.8) is 0 Å². The monoisotopic (exact) mass is 230 g/mol. The fourth-order valence-electron chi connectivity index (χ4n) is 1.20. The first-order chi connectivity index (χ1) is 8.20. The van der Waals surface area contributed by atoms with Crippen LogP contribution in [0, 0.1) is 17.1 Å². The van der Waals surface area contributed by atoms with Crippen molar-refractivity contribution < 1.29 is 9.13 Å². The van der Waals surface area contributed by atoms with Gasteiger partial charge in [-0.2, -0.15) is 10.4 Å². The minimum atomic E-state index is -0.463. The highest BCUT2D eigenvalue weighted by atomic mass is 19.1. The average molecular weight is 230 g/mol. The normalized spacial score (nSPS) is 9.65. The maximum atomic E-state index is 12.8. The third-order valence-corrected chi connectivity index (χ3v) is 1.99. The van der Waals surface area contributed by atoms with Crippen LogP contribution in [0.5, 0.6) is 11.6 Å². The van der Waals surface area contributed by atoms with E-state index in [2.05, 4.69) is 10.2 Å². The fraction of sp³-hybridized carbons (Fsp3) is 0. The van der Waals surface area contributed by atoms with Gasteiger partial charge in [0.25, 0.3) is 5.88 Å². The molecule has 17 heavy (non-hydrogen) atoms. The lowest BCUT2D eigenvalue weighted by Crippen LogP contribution is -1.97. The predicted octanol–water partition coefficient (Wildman–Crippen LogP) is 1.86. The fourth-order valence-corrected chi connectivity index (χ4v) is 1.20. The number of ether oxygens (including phenoxy) is 1. The first-order valence-corrected chi connectivity index (χ1v) is 4.65. The van der Waals surface area contributed by atoms with Gasteiger partial charge < -0.3 is 10.5 Å². The summed E-state index contributed by atoms with van der Waals surface area (Å²) in [5, 5.41) is 16.1. The number of anilines is 1. The number of nitrogens with two attached hydrogens (primary N) is 1. The zero-order valence-electron chi connectivity index (χ0n) is 8.59. The van der Waals surface area contributed by atoms with Gasteiger partial charge in [-0.1, -0.05) is 0 Å². The van der Waals surface area contributed by atoms with Gasteiger partial charge >= 0.3 is 0 Å². The number of hydrogen-bond donors (Lipinski definition) is 1. The summed E-state index contributed by atoms with van der Waals surface area (Å²) in [4.78, 5) is 0. The van der Waals surface area contributed by atoms with Crippen molar-refractivity contribution in [3.8, 4) is 17.7 Å². The lowest BCUT2D eigenvalue weighted by molar-refractivity contribution is 0.454. The lowest BCUT2D eigenvalue weighted by atomic mass is 10.3. The van der Waals surface area contributed by atoms with E-state index in [1.165, 1.54) is 24.4 Å². The predicted molar refractivity (Wildman–Crippen MR) is 57.6 cm³/mol. The smallest absolute Gasteiger partial charge is 0.257 e. The third kappa shape index (κ3) is 2.29. The molecule has 1 aromatic heterocycles. The van der Waals surface area contributed by atoms with E-state index in [1.807, 2.05) is 6.07 Å². The lowest BCUT2D eigenvalue weighted by Gasteiger charge is -2.07. The molecule has 6 heteroatoms. The average Bonchev–Trinajstić information content (AvgIpc) is 2.33. The first kappa shape index (κ1) is 10.8. The molecule has 0 fully saturated rings. The summed E-state index contributed by atoms with van der Waals surface area (Å²) in [6.45, 7) is 0. The molecule has 0 bridgehead atoms. The van der Waals surface area contributed by atoms with Gasteiger partial charge in [0.15, 0.2) is 5.75 Å². The summed E-state index contributed by atoms with van der Waals surface area (Å²) in [5.74, 6) is -0.203. The highest BCUT2D eigenvalue weighted by molar-refractivity contribution is 5.54. The van der Waals surface area contributed by atoms with Crippen molar-refractivity contribution in [3.05, 3.63) is 41.8 Å². The number of benzene rings is 1. The molecule has 0 aliphatic heterocycles. The number of rotatable bonds is 2. The summed E-state index contributed by atoms with van der Waals surface area (Å²) in [6.07, 6.45) is 1.37. The molecule has 5 nitrogen and oxygen atoms in total. The molecule has 2 aromatic rings. The van der Waals surface area contributed by atoms with Crippen LogP contribution in [0.2, 0.25) is 0 Å². The highest BCUT2D eigenvalue weighted by Crippen LogP contribution is 2.27. The minimum absolute atomic E-state index is 0.0355. The van der Waals surface area contributed by atoms with Crippen LogP contribution < -0.4 is 10.5 Å². The molecule has 1 heterocycles. The first-order valence-electron chi connectivity index (χ1n) is 4.65. The van der Waals surface area contributed by atoms with Gasteiger partial charge in [-0.05, 0) is 18.2 Å². The van der Waals surface area contributed by atoms with Gasteiger partial charge in [0, 0.05) is 6.07 Å². The Morgan fingerprint density at radius 3 is 2.88 bits per heavy atom. The summed E-state index contributed by atoms with van der Waals surface area (Å²) in [5.41, 5.74) is 5.91. The molecule has 0 saturated heterocycles. The van der Waals surface area contributed by atoms with E-state index in [1.54, 1.807) is 0 Å². The van der Waals surface area contributed by atoms with Crippen molar-refractivity contribution in [2.24, 2.45) is 0 Å². The summed E-state index contributed by atoms with van der Waals surface area (Å²) in [7, 11) is 0. The molecule has 0 atom stereocenters. The molecule has 0 spiro atoms. The van der Waals surface area contributed by atoms with Gasteiger partial charge in [-0.3, -0.25) is 0 Å². The van der Waals surface area contributed by atoms with E-state index >= 15 is 0 Å². The topological polar surface area (TPSA) is 84.8 Å². The Morgan fingerprint density at radius 1 is 1.35 bits per heavy atom. The quantitative estimate of drug-likeness (QED) is 0.796. The number of aromatic nitrogens is 2. The number of nitrogen functional groups attached to an aromatic ring is 1. The van der Waals surface area contributed by atoms with E-state index in [-0.39, 0.29) is 22.9 Å². The Morgan fingerprint density at radius 2 is 2.18 bits per heavy atom. The second kappa shape index (κ2) is 4.45. The number of nitriles is 1. The Labute approximate surface area is 96.3 Å². The molecule has 0 amide bonds. The van der Waals surface area contributed by atoms with Crippen molar-refractivity contribution in [2.75, 3.05) is 5.73 Å². The van der Waals surface area contributed by atoms with Crippen LogP contribution in [-0.4, -0.2) is 10.2 Å². The number of nitrogens with zero attached hydrogens (tertiary/aromatic N) is 3. The molecular formula is C11H7FN4O. The van der Waals surface area contributed by atoms with Crippen molar-refractivity contribution in [1.29, 1.82) is 5.26 Å². The molecule has 1 aromatic carbocycles. The van der Waals surface area contributed by atoms with E-state index in [0.717, 1.165) is 6.07 Å². The minimum Gasteiger partial charge on any atom is -0.434 e. The van der Waals surface area contributed by atoms with Crippen LogP contribution in [0.3, 0.4) is 0 Å². The Hall–Kier alpha value is -2.68. The maximum Gasteiger partial charge on any atom is 0.257 e. The molecule has 0 radical (unpaired) electrons. The van der Waals surface area contributed by atoms with E-state index < -0.39 is 5.82 Å². The third-order valence-electron chi connectivity index (χ3n) is 1.99. The van der Waals surface area contributed by atoms with Gasteiger partial charge in [-0.25, -0.2) is 4.39 Å². The molecule has 0 unspecified atom stereocenters. The van der Waals surface area contributed by atoms with Crippen LogP contribution in [0.1, 0.15) is 5.56 Å². The SMILES string of the molecule is N#Cc1ccnnc1Oc1ccc(F)cc1N. The van der Waals surface area contributed by atoms with Gasteiger partial charge in [0.1, 0.15) is 17.4 Å². The van der Waals surface area contributed by atoms with Crippen molar-refractivity contribution in [2.45, 2.75) is 0 Å². The van der Waals surface area contributed by atoms with Crippen molar-refractivity contribution in [1.82, 2.24) is 10.2 Å². The largest absolute Gasteiger partial charge is 0.434 e. The van der Waals surface area contributed by atoms with Gasteiger partial charge in [0.2, 0.25) is 0 Å². The van der Waals surface area contributed by atoms with E-state index in [0.29, 0.717) is 0 Å². The van der Waals surface area contributed by atoms with Crippen LogP contribution >= 0.6 is 0 Å². The number of hydrogen-bond acceptors (Lipinski definition) is 5. The zero-order valence-corrected chi connectivity index (χ0v) is 8.59. The molecule has 0 aliphatic rings. The van der Waals surface area contributed by atoms with Crippen LogP contribution in [-0.2, 0) is 0 Å². The maximum absolute atomic E-state index is 12.8. The van der Waals surface area contributed by atoms with Crippen LogP contribution in [0.15, 0.2) is 30.5 Å². The summed E-state index contributed by atoms with van der Waals surface area (Å²) in [6, 6.07) is 7.05. The second-order valence-electron chi connectivity index (χ2n) is 3.15. The van der Waals surface area contributed by atoms with Crippen LogP contribution in [0.25, 0.3) is 0 Å². The molecule has 0 aliphatic carbocycles. The Kier molecular flexibility index (Phi) is 2.83. The Balaban J connectivity index is 2.35.